The van der Waals surface area contributed by atoms with Gasteiger partial charge in [0.05, 0.1) is 0 Å². The Morgan fingerprint density at radius 3 is 2.59 bits per heavy atom. The van der Waals surface area contributed by atoms with Gasteiger partial charge >= 0.3 is 6.09 Å². The topological polar surface area (TPSA) is 50.4 Å². The summed E-state index contributed by atoms with van der Waals surface area (Å²) >= 11 is 0. The fourth-order valence-corrected chi connectivity index (χ4v) is 2.24. The van der Waals surface area contributed by atoms with Crippen molar-refractivity contribution in [3.05, 3.63) is 0 Å². The van der Waals surface area contributed by atoms with Gasteiger partial charge in [0.2, 0.25) is 0 Å². The minimum atomic E-state index is -0.418. The van der Waals surface area contributed by atoms with Crippen molar-refractivity contribution >= 4 is 6.09 Å². The van der Waals surface area contributed by atoms with Gasteiger partial charge in [-0.2, -0.15) is 0 Å². The number of ether oxygens (including phenoxy) is 1. The van der Waals surface area contributed by atoms with Crippen LogP contribution in [-0.4, -0.2) is 30.3 Å². The van der Waals surface area contributed by atoms with Crippen LogP contribution in [0.3, 0.4) is 0 Å². The fraction of sp³-hybridized carbons (Fsp3) is 0.923. The molecule has 0 aromatic carbocycles. The Hall–Kier alpha value is -0.770. The zero-order valence-corrected chi connectivity index (χ0v) is 11.7. The molecule has 1 fully saturated rings. The van der Waals surface area contributed by atoms with Crippen LogP contribution in [0.5, 0.6) is 0 Å². The average molecular weight is 242 g/mol. The van der Waals surface area contributed by atoms with E-state index in [1.807, 2.05) is 20.8 Å². The van der Waals surface area contributed by atoms with Crippen LogP contribution in [0.15, 0.2) is 0 Å². The molecule has 4 heteroatoms. The van der Waals surface area contributed by atoms with Gasteiger partial charge in [-0.3, -0.25) is 0 Å². The molecule has 4 nitrogen and oxygen atoms in total. The first-order valence-corrected chi connectivity index (χ1v) is 6.42. The van der Waals surface area contributed by atoms with Crippen LogP contribution in [0.2, 0.25) is 0 Å². The number of hydrogen-bond acceptors (Lipinski definition) is 3. The maximum absolute atomic E-state index is 11.4. The van der Waals surface area contributed by atoms with Crippen LogP contribution in [-0.2, 0) is 4.74 Å². The number of amides is 1. The summed E-state index contributed by atoms with van der Waals surface area (Å²) in [6.45, 7) is 11.8. The summed E-state index contributed by atoms with van der Waals surface area (Å²) in [5, 5.41) is 6.29. The quantitative estimate of drug-likeness (QED) is 0.798. The van der Waals surface area contributed by atoms with Crippen LogP contribution in [0.1, 0.15) is 47.5 Å². The first-order chi connectivity index (χ1) is 7.71. The zero-order valence-electron chi connectivity index (χ0n) is 11.7. The van der Waals surface area contributed by atoms with Gasteiger partial charge < -0.3 is 15.4 Å². The Morgan fingerprint density at radius 2 is 2.12 bits per heavy atom. The van der Waals surface area contributed by atoms with Gasteiger partial charge in [-0.05, 0) is 59.9 Å². The third-order valence-corrected chi connectivity index (χ3v) is 3.26. The second kappa shape index (κ2) is 5.25. The van der Waals surface area contributed by atoms with E-state index in [-0.39, 0.29) is 11.6 Å². The first kappa shape index (κ1) is 14.3. The highest BCUT2D eigenvalue weighted by Crippen LogP contribution is 2.28. The van der Waals surface area contributed by atoms with Crippen molar-refractivity contribution in [3.8, 4) is 0 Å². The van der Waals surface area contributed by atoms with Crippen molar-refractivity contribution in [3.63, 3.8) is 0 Å². The van der Waals surface area contributed by atoms with E-state index in [1.54, 1.807) is 0 Å². The lowest BCUT2D eigenvalue weighted by Crippen LogP contribution is -2.40. The number of carbonyl (C=O) groups excluding carboxylic acids is 1. The minimum Gasteiger partial charge on any atom is -0.444 e. The monoisotopic (exact) mass is 242 g/mol. The molecule has 0 aliphatic carbocycles. The molecule has 0 bridgehead atoms. The molecule has 0 saturated carbocycles. The van der Waals surface area contributed by atoms with Crippen LogP contribution < -0.4 is 10.6 Å². The van der Waals surface area contributed by atoms with Crippen LogP contribution in [0.4, 0.5) is 4.79 Å². The van der Waals surface area contributed by atoms with Crippen molar-refractivity contribution in [1.82, 2.24) is 10.6 Å². The molecule has 100 valence electrons. The van der Waals surface area contributed by atoms with E-state index in [2.05, 4.69) is 24.5 Å². The largest absolute Gasteiger partial charge is 0.444 e. The maximum Gasteiger partial charge on any atom is 0.407 e. The molecule has 1 atom stereocenters. The van der Waals surface area contributed by atoms with Gasteiger partial charge in [-0.25, -0.2) is 4.79 Å². The van der Waals surface area contributed by atoms with E-state index in [1.165, 1.54) is 6.42 Å². The van der Waals surface area contributed by atoms with E-state index in [0.29, 0.717) is 12.5 Å². The Morgan fingerprint density at radius 1 is 1.47 bits per heavy atom. The molecule has 17 heavy (non-hydrogen) atoms. The SMILES string of the molecule is CC(C)(C)OC(=O)NCCC1CCNC1(C)C. The predicted octanol–water partition coefficient (Wildman–Crippen LogP) is 2.29. The highest BCUT2D eigenvalue weighted by Gasteiger charge is 2.33. The summed E-state index contributed by atoms with van der Waals surface area (Å²) in [7, 11) is 0. The van der Waals surface area contributed by atoms with E-state index in [4.69, 9.17) is 4.74 Å². The second-order valence-corrected chi connectivity index (χ2v) is 6.35. The maximum atomic E-state index is 11.4. The van der Waals surface area contributed by atoms with Crippen LogP contribution in [0, 0.1) is 5.92 Å². The summed E-state index contributed by atoms with van der Waals surface area (Å²) in [6.07, 6.45) is 1.86. The van der Waals surface area contributed by atoms with Gasteiger partial charge in [0.1, 0.15) is 5.60 Å². The molecule has 1 amide bonds. The lowest BCUT2D eigenvalue weighted by atomic mass is 9.87. The van der Waals surface area contributed by atoms with Crippen molar-refractivity contribution in [2.45, 2.75) is 58.6 Å². The molecule has 1 aliphatic heterocycles. The first-order valence-electron chi connectivity index (χ1n) is 6.42. The molecule has 1 aliphatic rings. The molecule has 0 radical (unpaired) electrons. The Kier molecular flexibility index (Phi) is 4.42. The Labute approximate surface area is 104 Å². The van der Waals surface area contributed by atoms with Gasteiger partial charge in [-0.1, -0.05) is 0 Å². The molecular weight excluding hydrogens is 216 g/mol. The summed E-state index contributed by atoms with van der Waals surface area (Å²) in [5.41, 5.74) is -0.228. The molecule has 1 heterocycles. The fourth-order valence-electron chi connectivity index (χ4n) is 2.24. The van der Waals surface area contributed by atoms with Crippen molar-refractivity contribution in [1.29, 1.82) is 0 Å². The number of carbonyl (C=O) groups is 1. The van der Waals surface area contributed by atoms with E-state index in [9.17, 15) is 4.79 Å². The highest BCUT2D eigenvalue weighted by atomic mass is 16.6. The molecule has 1 unspecified atom stereocenters. The third kappa shape index (κ3) is 4.94. The zero-order chi connectivity index (χ0) is 13.1. The molecule has 0 spiro atoms. The molecular formula is C13H26N2O2. The van der Waals surface area contributed by atoms with Crippen molar-refractivity contribution < 1.29 is 9.53 Å². The molecule has 0 aromatic heterocycles. The number of alkyl carbamates (subject to hydrolysis) is 1. The van der Waals surface area contributed by atoms with Gasteiger partial charge in [0.25, 0.3) is 0 Å². The molecule has 2 N–H and O–H groups in total. The Balaban J connectivity index is 2.22. The third-order valence-electron chi connectivity index (χ3n) is 3.26. The summed E-state index contributed by atoms with van der Waals surface area (Å²) < 4.78 is 5.19. The standard InChI is InChI=1S/C13H26N2O2/c1-12(2,3)17-11(16)14-8-6-10-7-9-15-13(10,4)5/h10,15H,6-9H2,1-5H3,(H,14,16). The van der Waals surface area contributed by atoms with E-state index < -0.39 is 5.60 Å². The average Bonchev–Trinajstić information content (AvgIpc) is 2.42. The summed E-state index contributed by atoms with van der Waals surface area (Å²) in [6, 6.07) is 0. The van der Waals surface area contributed by atoms with Crippen LogP contribution >= 0.6 is 0 Å². The van der Waals surface area contributed by atoms with Crippen LogP contribution in [0.25, 0.3) is 0 Å². The molecule has 1 saturated heterocycles. The predicted molar refractivity (Wildman–Crippen MR) is 69.0 cm³/mol. The Bertz CT molecular complexity index is 269. The van der Waals surface area contributed by atoms with Gasteiger partial charge in [0.15, 0.2) is 0 Å². The van der Waals surface area contributed by atoms with E-state index in [0.717, 1.165) is 13.0 Å². The smallest absolute Gasteiger partial charge is 0.407 e. The lowest BCUT2D eigenvalue weighted by molar-refractivity contribution is 0.0523. The number of rotatable bonds is 3. The summed E-state index contributed by atoms with van der Waals surface area (Å²) in [5.74, 6) is 0.623. The number of nitrogens with one attached hydrogen (secondary N) is 2. The van der Waals surface area contributed by atoms with E-state index >= 15 is 0 Å². The van der Waals surface area contributed by atoms with Crippen molar-refractivity contribution in [2.24, 2.45) is 5.92 Å². The minimum absolute atomic E-state index is 0.190. The van der Waals surface area contributed by atoms with Gasteiger partial charge in [0, 0.05) is 12.1 Å². The number of hydrogen-bond donors (Lipinski definition) is 2. The van der Waals surface area contributed by atoms with Gasteiger partial charge in [-0.15, -0.1) is 0 Å². The second-order valence-electron chi connectivity index (χ2n) is 6.35. The van der Waals surface area contributed by atoms with Crippen molar-refractivity contribution in [2.75, 3.05) is 13.1 Å². The normalized spacial score (nSPS) is 23.5. The highest BCUT2D eigenvalue weighted by molar-refractivity contribution is 5.67. The molecule has 1 rings (SSSR count). The lowest BCUT2D eigenvalue weighted by Gasteiger charge is -2.27. The molecule has 0 aromatic rings. The summed E-state index contributed by atoms with van der Waals surface area (Å²) in [4.78, 5) is 11.4.